The van der Waals surface area contributed by atoms with Crippen molar-refractivity contribution in [1.82, 2.24) is 15.1 Å². The van der Waals surface area contributed by atoms with Crippen LogP contribution >= 0.6 is 0 Å². The Hall–Kier alpha value is -1.30. The van der Waals surface area contributed by atoms with E-state index in [0.717, 1.165) is 71.4 Å². The summed E-state index contributed by atoms with van der Waals surface area (Å²) in [7, 11) is 0. The topological polar surface area (TPSA) is 61.9 Å². The first-order valence-corrected chi connectivity index (χ1v) is 10.1. The second-order valence-corrected chi connectivity index (χ2v) is 8.26. The van der Waals surface area contributed by atoms with Gasteiger partial charge in [0, 0.05) is 44.8 Å². The van der Waals surface area contributed by atoms with Gasteiger partial charge in [0.2, 0.25) is 5.91 Å². The SMILES string of the molecule is O=C(C1CCCCC1)N1CCC(N2C(=O)NCC23CCOCC3)CC1. The lowest BCUT2D eigenvalue weighted by Crippen LogP contribution is -2.58. The van der Waals surface area contributed by atoms with E-state index >= 15 is 0 Å². The maximum Gasteiger partial charge on any atom is 0.318 e. The number of carbonyl (C=O) groups excluding carboxylic acids is 2. The summed E-state index contributed by atoms with van der Waals surface area (Å²) in [5.41, 5.74) is -0.0600. The van der Waals surface area contributed by atoms with Crippen molar-refractivity contribution < 1.29 is 14.3 Å². The summed E-state index contributed by atoms with van der Waals surface area (Å²) < 4.78 is 5.52. The molecule has 1 aliphatic carbocycles. The van der Waals surface area contributed by atoms with E-state index in [2.05, 4.69) is 15.1 Å². The Morgan fingerprint density at radius 2 is 1.72 bits per heavy atom. The van der Waals surface area contributed by atoms with Crippen LogP contribution in [0.25, 0.3) is 0 Å². The van der Waals surface area contributed by atoms with E-state index in [1.54, 1.807) is 0 Å². The Balaban J connectivity index is 1.37. The van der Waals surface area contributed by atoms with E-state index in [-0.39, 0.29) is 23.5 Å². The molecular formula is C19H31N3O3. The molecule has 3 heterocycles. The summed E-state index contributed by atoms with van der Waals surface area (Å²) in [6.07, 6.45) is 9.48. The van der Waals surface area contributed by atoms with Crippen molar-refractivity contribution in [2.75, 3.05) is 32.8 Å². The van der Waals surface area contributed by atoms with Gasteiger partial charge >= 0.3 is 6.03 Å². The first kappa shape index (κ1) is 17.1. The average Bonchev–Trinajstić information content (AvgIpc) is 2.98. The van der Waals surface area contributed by atoms with E-state index in [9.17, 15) is 9.59 Å². The van der Waals surface area contributed by atoms with Crippen molar-refractivity contribution in [2.24, 2.45) is 5.92 Å². The molecule has 0 bridgehead atoms. The molecule has 0 aromatic heterocycles. The minimum Gasteiger partial charge on any atom is -0.381 e. The van der Waals surface area contributed by atoms with Crippen LogP contribution in [-0.2, 0) is 9.53 Å². The zero-order chi connectivity index (χ0) is 17.3. The second kappa shape index (κ2) is 7.14. The van der Waals surface area contributed by atoms with Crippen molar-refractivity contribution in [3.63, 3.8) is 0 Å². The van der Waals surface area contributed by atoms with Crippen LogP contribution in [0, 0.1) is 5.92 Å². The van der Waals surface area contributed by atoms with E-state index in [1.165, 1.54) is 19.3 Å². The molecular weight excluding hydrogens is 318 g/mol. The quantitative estimate of drug-likeness (QED) is 0.831. The third kappa shape index (κ3) is 3.25. The molecule has 140 valence electrons. The first-order chi connectivity index (χ1) is 12.2. The van der Waals surface area contributed by atoms with Gasteiger partial charge in [0.1, 0.15) is 0 Å². The number of ether oxygens (including phenoxy) is 1. The fraction of sp³-hybridized carbons (Fsp3) is 0.895. The van der Waals surface area contributed by atoms with Gasteiger partial charge in [-0.15, -0.1) is 0 Å². The molecule has 3 amide bonds. The van der Waals surface area contributed by atoms with Crippen molar-refractivity contribution in [1.29, 1.82) is 0 Å². The standard InChI is InChI=1S/C19H31N3O3/c23-17(15-4-2-1-3-5-15)21-10-6-16(7-11-21)22-18(24)20-14-19(22)8-12-25-13-9-19/h15-16H,1-14H2,(H,20,24). The number of nitrogens with one attached hydrogen (secondary N) is 1. The number of carbonyl (C=O) groups is 2. The lowest BCUT2D eigenvalue weighted by Gasteiger charge is -2.46. The van der Waals surface area contributed by atoms with E-state index in [1.807, 2.05) is 0 Å². The Kier molecular flexibility index (Phi) is 4.89. The van der Waals surface area contributed by atoms with E-state index in [4.69, 9.17) is 4.74 Å². The minimum atomic E-state index is -0.0600. The molecule has 0 aromatic rings. The van der Waals surface area contributed by atoms with Crippen LogP contribution in [-0.4, -0.2) is 66.2 Å². The minimum absolute atomic E-state index is 0.0600. The number of amides is 3. The number of hydrogen-bond acceptors (Lipinski definition) is 3. The van der Waals surface area contributed by atoms with Gasteiger partial charge < -0.3 is 19.9 Å². The van der Waals surface area contributed by atoms with Gasteiger partial charge in [-0.25, -0.2) is 4.79 Å². The lowest BCUT2D eigenvalue weighted by atomic mass is 9.85. The molecule has 1 N–H and O–H groups in total. The van der Waals surface area contributed by atoms with Gasteiger partial charge in [0.05, 0.1) is 5.54 Å². The molecule has 4 rings (SSSR count). The molecule has 6 heteroatoms. The third-order valence-electron chi connectivity index (χ3n) is 6.82. The number of piperidine rings is 1. The Morgan fingerprint density at radius 3 is 2.40 bits per heavy atom. The molecule has 6 nitrogen and oxygen atoms in total. The lowest BCUT2D eigenvalue weighted by molar-refractivity contribution is -0.138. The fourth-order valence-electron chi connectivity index (χ4n) is 5.30. The monoisotopic (exact) mass is 349 g/mol. The Bertz CT molecular complexity index is 504. The molecule has 1 spiro atoms. The molecule has 3 aliphatic heterocycles. The summed E-state index contributed by atoms with van der Waals surface area (Å²) in [4.78, 5) is 29.4. The van der Waals surface area contributed by atoms with Crippen LogP contribution in [0.3, 0.4) is 0 Å². The van der Waals surface area contributed by atoms with Crippen LogP contribution < -0.4 is 5.32 Å². The molecule has 0 radical (unpaired) electrons. The van der Waals surface area contributed by atoms with Crippen LogP contribution in [0.5, 0.6) is 0 Å². The van der Waals surface area contributed by atoms with Crippen LogP contribution in [0.2, 0.25) is 0 Å². The molecule has 4 fully saturated rings. The highest BCUT2D eigenvalue weighted by Gasteiger charge is 2.49. The molecule has 1 saturated carbocycles. The summed E-state index contributed by atoms with van der Waals surface area (Å²) in [6.45, 7) is 3.83. The summed E-state index contributed by atoms with van der Waals surface area (Å²) >= 11 is 0. The highest BCUT2D eigenvalue weighted by molar-refractivity contribution is 5.80. The smallest absolute Gasteiger partial charge is 0.318 e. The predicted octanol–water partition coefficient (Wildman–Crippen LogP) is 2.13. The number of likely N-dealkylation sites (tertiary alicyclic amines) is 1. The third-order valence-corrected chi connectivity index (χ3v) is 6.82. The number of nitrogens with zero attached hydrogens (tertiary/aromatic N) is 2. The predicted molar refractivity (Wildman–Crippen MR) is 94.2 cm³/mol. The molecule has 0 unspecified atom stereocenters. The normalized spacial score (nSPS) is 28.4. The Morgan fingerprint density at radius 1 is 1.04 bits per heavy atom. The highest BCUT2D eigenvalue weighted by atomic mass is 16.5. The van der Waals surface area contributed by atoms with Crippen molar-refractivity contribution in [3.05, 3.63) is 0 Å². The number of hydrogen-bond donors (Lipinski definition) is 1. The summed E-state index contributed by atoms with van der Waals surface area (Å²) in [5, 5.41) is 3.06. The first-order valence-electron chi connectivity index (χ1n) is 10.1. The van der Waals surface area contributed by atoms with Crippen molar-refractivity contribution >= 4 is 11.9 Å². The summed E-state index contributed by atoms with van der Waals surface area (Å²) in [6, 6.07) is 0.343. The molecule has 0 atom stereocenters. The van der Waals surface area contributed by atoms with Gasteiger partial charge in [0.15, 0.2) is 0 Å². The van der Waals surface area contributed by atoms with Gasteiger partial charge in [-0.1, -0.05) is 19.3 Å². The van der Waals surface area contributed by atoms with Gasteiger partial charge in [0.25, 0.3) is 0 Å². The fourth-order valence-corrected chi connectivity index (χ4v) is 5.30. The maximum absolute atomic E-state index is 12.8. The van der Waals surface area contributed by atoms with Crippen molar-refractivity contribution in [2.45, 2.75) is 69.4 Å². The Labute approximate surface area is 150 Å². The van der Waals surface area contributed by atoms with E-state index < -0.39 is 0 Å². The van der Waals surface area contributed by atoms with Gasteiger partial charge in [-0.3, -0.25) is 4.79 Å². The van der Waals surface area contributed by atoms with Crippen molar-refractivity contribution in [3.8, 4) is 0 Å². The zero-order valence-corrected chi connectivity index (χ0v) is 15.2. The summed E-state index contributed by atoms with van der Waals surface area (Å²) in [5.74, 6) is 0.618. The van der Waals surface area contributed by atoms with Crippen LogP contribution in [0.1, 0.15) is 57.8 Å². The zero-order valence-electron chi connectivity index (χ0n) is 15.2. The highest BCUT2D eigenvalue weighted by Crippen LogP contribution is 2.36. The second-order valence-electron chi connectivity index (χ2n) is 8.26. The van der Waals surface area contributed by atoms with Gasteiger partial charge in [-0.2, -0.15) is 0 Å². The average molecular weight is 349 g/mol. The maximum atomic E-state index is 12.8. The van der Waals surface area contributed by atoms with E-state index in [0.29, 0.717) is 5.91 Å². The molecule has 3 saturated heterocycles. The van der Waals surface area contributed by atoms with Crippen LogP contribution in [0.15, 0.2) is 0 Å². The molecule has 0 aromatic carbocycles. The van der Waals surface area contributed by atoms with Crippen LogP contribution in [0.4, 0.5) is 4.79 Å². The largest absolute Gasteiger partial charge is 0.381 e. The number of urea groups is 1. The van der Waals surface area contributed by atoms with Gasteiger partial charge in [-0.05, 0) is 38.5 Å². The number of rotatable bonds is 2. The molecule has 25 heavy (non-hydrogen) atoms. The molecule has 4 aliphatic rings.